The number of hydrogen-bond acceptors (Lipinski definition) is 7. The third-order valence-electron chi connectivity index (χ3n) is 3.67. The molecule has 0 fully saturated rings. The number of anilines is 1. The number of halogens is 2. The minimum absolute atomic E-state index is 0.0307. The molecule has 150 valence electrons. The maximum absolute atomic E-state index is 13.0. The Balaban J connectivity index is 1.29. The summed E-state index contributed by atoms with van der Waals surface area (Å²) in [6.45, 7) is 1.85. The van der Waals surface area contributed by atoms with Crippen molar-refractivity contribution in [3.8, 4) is 11.5 Å². The van der Waals surface area contributed by atoms with E-state index in [1.54, 1.807) is 12.2 Å². The summed E-state index contributed by atoms with van der Waals surface area (Å²) < 4.78 is 40.1. The Morgan fingerprint density at radius 2 is 2.07 bits per heavy atom. The fraction of sp³-hybridized carbons (Fsp3) is 0.167. The van der Waals surface area contributed by atoms with E-state index in [4.69, 9.17) is 4.42 Å². The highest BCUT2D eigenvalue weighted by Gasteiger charge is 2.43. The minimum atomic E-state index is -3.70. The fourth-order valence-electron chi connectivity index (χ4n) is 2.46. The van der Waals surface area contributed by atoms with Gasteiger partial charge in [0.1, 0.15) is 17.3 Å². The van der Waals surface area contributed by atoms with Gasteiger partial charge in [0, 0.05) is 11.8 Å². The summed E-state index contributed by atoms with van der Waals surface area (Å²) in [5, 5.41) is 9.75. The fourth-order valence-corrected chi connectivity index (χ4v) is 3.06. The molecule has 3 heterocycles. The van der Waals surface area contributed by atoms with Gasteiger partial charge in [0.05, 0.1) is 5.75 Å². The van der Waals surface area contributed by atoms with Gasteiger partial charge in [-0.25, -0.2) is 4.98 Å². The molecular weight excluding hydrogens is 406 g/mol. The zero-order valence-corrected chi connectivity index (χ0v) is 15.8. The normalized spacial score (nSPS) is 14.4. The van der Waals surface area contributed by atoms with Gasteiger partial charge >= 0.3 is 6.29 Å². The lowest BCUT2D eigenvalue weighted by molar-refractivity contribution is -0.286. The average Bonchev–Trinajstić information content (AvgIpc) is 3.35. The minimum Gasteiger partial charge on any atom is -0.462 e. The summed E-state index contributed by atoms with van der Waals surface area (Å²) in [7, 11) is 0. The number of aromatic amines is 1. The molecule has 2 aromatic heterocycles. The van der Waals surface area contributed by atoms with E-state index in [9.17, 15) is 13.6 Å². The highest BCUT2D eigenvalue weighted by atomic mass is 32.2. The van der Waals surface area contributed by atoms with Crippen LogP contribution < -0.4 is 14.8 Å². The smallest absolute Gasteiger partial charge is 0.462 e. The monoisotopic (exact) mass is 420 g/mol. The number of nitrogens with zero attached hydrogens (tertiary/aromatic N) is 2. The van der Waals surface area contributed by atoms with E-state index in [-0.39, 0.29) is 23.2 Å². The third kappa shape index (κ3) is 4.74. The van der Waals surface area contributed by atoms with Crippen molar-refractivity contribution in [3.05, 3.63) is 47.7 Å². The van der Waals surface area contributed by atoms with E-state index >= 15 is 0 Å². The number of thioether (sulfide) groups is 1. The summed E-state index contributed by atoms with van der Waals surface area (Å²) in [6.07, 6.45) is -0.246. The van der Waals surface area contributed by atoms with Gasteiger partial charge in [0.15, 0.2) is 11.5 Å². The largest absolute Gasteiger partial charge is 0.586 e. The van der Waals surface area contributed by atoms with Crippen molar-refractivity contribution in [1.29, 1.82) is 0 Å². The van der Waals surface area contributed by atoms with Crippen LogP contribution in [-0.4, -0.2) is 33.1 Å². The number of amides is 1. The molecule has 1 amide bonds. The number of carbonyl (C=O) groups excluding carboxylic acids is 1. The number of aromatic nitrogens is 3. The van der Waals surface area contributed by atoms with E-state index in [1.807, 2.05) is 19.1 Å². The molecule has 2 N–H and O–H groups in total. The Morgan fingerprint density at radius 1 is 1.24 bits per heavy atom. The van der Waals surface area contributed by atoms with Gasteiger partial charge in [0.25, 0.3) is 0 Å². The van der Waals surface area contributed by atoms with Crippen molar-refractivity contribution < 1.29 is 27.5 Å². The maximum Gasteiger partial charge on any atom is 0.586 e. The van der Waals surface area contributed by atoms with Crippen LogP contribution in [0, 0.1) is 6.92 Å². The summed E-state index contributed by atoms with van der Waals surface area (Å²) in [5.74, 6) is 1.45. The second kappa shape index (κ2) is 7.59. The summed E-state index contributed by atoms with van der Waals surface area (Å²) in [6, 6.07) is 7.70. The van der Waals surface area contributed by atoms with Crippen LogP contribution in [0.15, 0.2) is 39.9 Å². The van der Waals surface area contributed by atoms with Crippen LogP contribution in [0.1, 0.15) is 17.3 Å². The number of fused-ring (bicyclic) bond motifs is 1. The van der Waals surface area contributed by atoms with Crippen LogP contribution >= 0.6 is 11.8 Å². The first-order valence-electron chi connectivity index (χ1n) is 8.36. The number of nitrogens with one attached hydrogen (secondary N) is 2. The van der Waals surface area contributed by atoms with Gasteiger partial charge in [-0.05, 0) is 43.3 Å². The number of carbonyl (C=O) groups is 1. The quantitative estimate of drug-likeness (QED) is 0.583. The van der Waals surface area contributed by atoms with Crippen LogP contribution in [-0.2, 0) is 4.79 Å². The molecular formula is C18H14F2N4O4S. The van der Waals surface area contributed by atoms with Crippen molar-refractivity contribution in [2.75, 3.05) is 11.1 Å². The van der Waals surface area contributed by atoms with Gasteiger partial charge in [-0.1, -0.05) is 11.8 Å². The highest BCUT2D eigenvalue weighted by molar-refractivity contribution is 7.99. The lowest BCUT2D eigenvalue weighted by Gasteiger charge is -2.05. The van der Waals surface area contributed by atoms with Crippen LogP contribution in [0.2, 0.25) is 0 Å². The van der Waals surface area contributed by atoms with Crippen molar-refractivity contribution in [3.63, 3.8) is 0 Å². The SMILES string of the molecule is Cc1ccc(C=Cc2nc(SCC(=O)Nc3ccc4c(c3)OC(F)(F)O4)n[nH]2)o1. The van der Waals surface area contributed by atoms with E-state index in [0.717, 1.165) is 17.5 Å². The van der Waals surface area contributed by atoms with Gasteiger partial charge < -0.3 is 19.2 Å². The Kier molecular flexibility index (Phi) is 4.97. The molecule has 8 nitrogen and oxygen atoms in total. The molecule has 0 saturated heterocycles. The first-order chi connectivity index (χ1) is 13.9. The molecule has 1 aliphatic rings. The number of benzene rings is 1. The second-order valence-corrected chi connectivity index (χ2v) is 6.89. The van der Waals surface area contributed by atoms with E-state index in [2.05, 4.69) is 30.0 Å². The first kappa shape index (κ1) is 19.0. The molecule has 0 unspecified atom stereocenters. The molecule has 4 rings (SSSR count). The van der Waals surface area contributed by atoms with Gasteiger partial charge in [-0.3, -0.25) is 9.89 Å². The number of aryl methyl sites for hydroxylation is 1. The summed E-state index contributed by atoms with van der Waals surface area (Å²) in [4.78, 5) is 16.3. The van der Waals surface area contributed by atoms with Gasteiger partial charge in [0.2, 0.25) is 11.1 Å². The summed E-state index contributed by atoms with van der Waals surface area (Å²) in [5.41, 5.74) is 0.308. The number of rotatable bonds is 6. The zero-order valence-electron chi connectivity index (χ0n) is 14.9. The predicted molar refractivity (Wildman–Crippen MR) is 101 cm³/mol. The van der Waals surface area contributed by atoms with Crippen LogP contribution in [0.4, 0.5) is 14.5 Å². The molecule has 0 bridgehead atoms. The van der Waals surface area contributed by atoms with Crippen molar-refractivity contribution in [2.24, 2.45) is 0 Å². The molecule has 3 aromatic rings. The number of furan rings is 1. The topological polar surface area (TPSA) is 102 Å². The average molecular weight is 420 g/mol. The zero-order chi connectivity index (χ0) is 20.4. The van der Waals surface area contributed by atoms with Crippen LogP contribution in [0.3, 0.4) is 0 Å². The number of alkyl halides is 2. The molecule has 11 heteroatoms. The molecule has 0 atom stereocenters. The van der Waals surface area contributed by atoms with Gasteiger partial charge in [-0.2, -0.15) is 0 Å². The molecule has 29 heavy (non-hydrogen) atoms. The number of ether oxygens (including phenoxy) is 2. The molecule has 0 radical (unpaired) electrons. The Labute approximate surface area is 167 Å². The van der Waals surface area contributed by atoms with E-state index in [0.29, 0.717) is 22.4 Å². The van der Waals surface area contributed by atoms with E-state index < -0.39 is 6.29 Å². The molecule has 0 saturated carbocycles. The Morgan fingerprint density at radius 3 is 2.86 bits per heavy atom. The molecule has 1 aliphatic heterocycles. The van der Waals surface area contributed by atoms with Crippen LogP contribution in [0.25, 0.3) is 12.2 Å². The van der Waals surface area contributed by atoms with Crippen molar-refractivity contribution in [2.45, 2.75) is 18.4 Å². The lowest BCUT2D eigenvalue weighted by Crippen LogP contribution is -2.25. The molecule has 0 spiro atoms. The Hall–Kier alpha value is -3.34. The highest BCUT2D eigenvalue weighted by Crippen LogP contribution is 2.42. The molecule has 1 aromatic carbocycles. The van der Waals surface area contributed by atoms with Crippen molar-refractivity contribution >= 4 is 35.5 Å². The second-order valence-electron chi connectivity index (χ2n) is 5.95. The van der Waals surface area contributed by atoms with E-state index in [1.165, 1.54) is 18.2 Å². The first-order valence-corrected chi connectivity index (χ1v) is 9.34. The maximum atomic E-state index is 13.0. The van der Waals surface area contributed by atoms with Gasteiger partial charge in [-0.15, -0.1) is 13.9 Å². The van der Waals surface area contributed by atoms with Crippen LogP contribution in [0.5, 0.6) is 11.5 Å². The standard InChI is InChI=1S/C18H14F2N4O4S/c1-10-2-4-12(26-10)5-7-15-22-17(24-23-15)29-9-16(25)21-11-3-6-13-14(8-11)28-18(19,20)27-13/h2-8H,9H2,1H3,(H,21,25)(H,22,23,24). The number of H-pyrrole nitrogens is 1. The Bertz CT molecular complexity index is 1080. The third-order valence-corrected chi connectivity index (χ3v) is 4.51. The van der Waals surface area contributed by atoms with Crippen molar-refractivity contribution in [1.82, 2.24) is 15.2 Å². The summed E-state index contributed by atoms with van der Waals surface area (Å²) >= 11 is 1.12. The predicted octanol–water partition coefficient (Wildman–Crippen LogP) is 3.93. The lowest BCUT2D eigenvalue weighted by atomic mass is 10.3. The molecule has 0 aliphatic carbocycles. The number of hydrogen-bond donors (Lipinski definition) is 2.